The molecular formula is C21H21FInNO4. The Morgan fingerprint density at radius 1 is 1.11 bits per heavy atom. The summed E-state index contributed by atoms with van der Waals surface area (Å²) in [6, 6.07) is 13.3. The Morgan fingerprint density at radius 2 is 1.71 bits per heavy atom. The predicted octanol–water partition coefficient (Wildman–Crippen LogP) is 2.74. The Balaban J connectivity index is 1.77. The van der Waals surface area contributed by atoms with Crippen LogP contribution in [0.15, 0.2) is 64.0 Å². The van der Waals surface area contributed by atoms with Crippen molar-refractivity contribution in [1.29, 1.82) is 0 Å². The molecule has 144 valence electrons. The van der Waals surface area contributed by atoms with Crippen molar-refractivity contribution in [3.8, 4) is 11.5 Å². The molecule has 0 fully saturated rings. The average molecular weight is 485 g/mol. The van der Waals surface area contributed by atoms with Crippen molar-refractivity contribution < 1.29 is 24.1 Å². The van der Waals surface area contributed by atoms with Crippen LogP contribution in [-0.4, -0.2) is 50.3 Å². The van der Waals surface area contributed by atoms with Gasteiger partial charge < -0.3 is 0 Å². The van der Waals surface area contributed by atoms with Gasteiger partial charge in [0.15, 0.2) is 0 Å². The fourth-order valence-corrected chi connectivity index (χ4v) is 11.0. The quantitative estimate of drug-likeness (QED) is 0.537. The molecule has 0 aliphatic carbocycles. The van der Waals surface area contributed by atoms with Gasteiger partial charge in [0.2, 0.25) is 0 Å². The monoisotopic (exact) mass is 485 g/mol. The van der Waals surface area contributed by atoms with E-state index in [0.29, 0.717) is 22.1 Å². The topological polar surface area (TPSA) is 92.8 Å². The molecule has 0 saturated carbocycles. The number of ether oxygens (including phenoxy) is 1. The molecule has 2 aromatic rings. The van der Waals surface area contributed by atoms with E-state index in [1.54, 1.807) is 12.1 Å². The van der Waals surface area contributed by atoms with Crippen molar-refractivity contribution in [2.24, 2.45) is 5.73 Å². The number of rotatable bonds is 8. The number of amides is 1. The summed E-state index contributed by atoms with van der Waals surface area (Å²) in [7, 11) is 0. The second-order valence-electron chi connectivity index (χ2n) is 6.74. The van der Waals surface area contributed by atoms with E-state index in [9.17, 15) is 14.3 Å². The van der Waals surface area contributed by atoms with Crippen LogP contribution in [-0.2, 0) is 4.79 Å². The van der Waals surface area contributed by atoms with Crippen LogP contribution in [0.25, 0.3) is 3.33 Å². The van der Waals surface area contributed by atoms with Gasteiger partial charge in [0.1, 0.15) is 0 Å². The normalized spacial score (nSPS) is 14.5. The number of aliphatic hydroxyl groups excluding tert-OH is 2. The maximum atomic E-state index is 13.0. The van der Waals surface area contributed by atoms with Gasteiger partial charge in [-0.1, -0.05) is 0 Å². The van der Waals surface area contributed by atoms with E-state index >= 15 is 0 Å². The Labute approximate surface area is 170 Å². The fraction of sp³-hybridized carbons (Fsp3) is 0.190. The van der Waals surface area contributed by atoms with Crippen molar-refractivity contribution in [1.82, 2.24) is 0 Å². The van der Waals surface area contributed by atoms with Gasteiger partial charge in [-0.2, -0.15) is 0 Å². The first-order valence-electron chi connectivity index (χ1n) is 8.98. The summed E-state index contributed by atoms with van der Waals surface area (Å²) in [6.07, 6.45) is 1.56. The minimum absolute atomic E-state index is 0.300. The number of allylic oxidation sites excluding steroid dienone is 1. The van der Waals surface area contributed by atoms with Crippen molar-refractivity contribution >= 4 is 30.7 Å². The van der Waals surface area contributed by atoms with Gasteiger partial charge in [-0.3, -0.25) is 0 Å². The van der Waals surface area contributed by atoms with E-state index in [-0.39, 0.29) is 18.3 Å². The summed E-state index contributed by atoms with van der Waals surface area (Å²) in [5.41, 5.74) is 7.37. The molecular weight excluding hydrogens is 464 g/mol. The summed E-state index contributed by atoms with van der Waals surface area (Å²) >= 11 is -2.55. The van der Waals surface area contributed by atoms with Crippen LogP contribution < -0.4 is 10.5 Å². The van der Waals surface area contributed by atoms with Crippen molar-refractivity contribution in [3.63, 3.8) is 0 Å². The molecule has 0 bridgehead atoms. The number of benzene rings is 2. The van der Waals surface area contributed by atoms with Gasteiger partial charge >= 0.3 is 171 Å². The van der Waals surface area contributed by atoms with Crippen LogP contribution in [0.4, 0.5) is 4.39 Å². The number of hydrogen-bond acceptors (Lipinski definition) is 4. The molecule has 3 rings (SSSR count). The third-order valence-electron chi connectivity index (χ3n) is 4.50. The number of primary amides is 1. The number of carbonyl (C=O) groups excluding carboxylic acids is 1. The van der Waals surface area contributed by atoms with Crippen molar-refractivity contribution in [2.75, 3.05) is 6.61 Å². The molecule has 0 unspecified atom stereocenters. The van der Waals surface area contributed by atoms with Crippen LogP contribution in [0.1, 0.15) is 12.0 Å². The second-order valence-corrected chi connectivity index (χ2v) is 14.1. The summed E-state index contributed by atoms with van der Waals surface area (Å²) in [5.74, 6) is 0.531. The number of aliphatic hydroxyl groups is 2. The molecule has 7 heteroatoms. The van der Waals surface area contributed by atoms with E-state index in [0.717, 1.165) is 14.5 Å². The molecule has 5 nitrogen and oxygen atoms in total. The molecule has 1 heterocycles. The van der Waals surface area contributed by atoms with Gasteiger partial charge in [0, 0.05) is 0 Å². The number of nitrogens with two attached hydrogens (primary N) is 1. The van der Waals surface area contributed by atoms with Crippen LogP contribution in [0.5, 0.6) is 11.5 Å². The summed E-state index contributed by atoms with van der Waals surface area (Å²) < 4.78 is 22.3. The zero-order chi connectivity index (χ0) is 20.1. The molecule has 0 radical (unpaired) electrons. The molecule has 0 spiro atoms. The predicted molar refractivity (Wildman–Crippen MR) is 106 cm³/mol. The molecule has 1 atom stereocenters. The van der Waals surface area contributed by atoms with Crippen LogP contribution in [0.2, 0.25) is 4.18 Å². The molecule has 1 aliphatic heterocycles. The molecule has 4 N–H and O–H groups in total. The van der Waals surface area contributed by atoms with Crippen molar-refractivity contribution in [3.05, 3.63) is 75.4 Å². The zero-order valence-electron chi connectivity index (χ0n) is 15.2. The minimum atomic E-state index is -2.55. The molecule has 0 saturated heterocycles. The molecule has 28 heavy (non-hydrogen) atoms. The average Bonchev–Trinajstić information content (AvgIpc) is 3.05. The summed E-state index contributed by atoms with van der Waals surface area (Å²) in [6.45, 7) is -0.300. The third-order valence-corrected chi connectivity index (χ3v) is 13.0. The van der Waals surface area contributed by atoms with Gasteiger partial charge in [-0.15, -0.1) is 0 Å². The first-order valence-corrected chi connectivity index (χ1v) is 14.9. The van der Waals surface area contributed by atoms with Crippen LogP contribution >= 0.6 is 0 Å². The van der Waals surface area contributed by atoms with E-state index in [2.05, 4.69) is 3.83 Å². The Hall–Kier alpha value is -2.09. The SMILES string of the molecule is NC(=O)[CH2][In]1[CH]=C(C[C@H](O)CO)C=[C]1c1ccc(Oc2ccc(F)cc2)cc1. The Kier molecular flexibility index (Phi) is 6.93. The fourth-order valence-electron chi connectivity index (χ4n) is 3.20. The summed E-state index contributed by atoms with van der Waals surface area (Å²) in [4.78, 5) is 11.5. The van der Waals surface area contributed by atoms with Gasteiger partial charge in [-0.25, -0.2) is 0 Å². The standard InChI is InChI=1S/C19H17FO3.C2H4NO.In/c1-14(12-17(22)13-21)2-3-15-4-8-18(9-5-15)23-19-10-6-16(20)7-11-19;1-2(3)4;/h1-2,4-11,17,21-22H,12-13H2;1H2,(H2,3,4);/t17-;;/m0../s1. The Bertz CT molecular complexity index is 894. The molecule has 1 aliphatic rings. The second kappa shape index (κ2) is 9.41. The zero-order valence-corrected chi connectivity index (χ0v) is 18.5. The van der Waals surface area contributed by atoms with Crippen LogP contribution in [0, 0.1) is 5.82 Å². The first kappa shape index (κ1) is 20.6. The van der Waals surface area contributed by atoms with E-state index in [1.807, 2.05) is 30.3 Å². The van der Waals surface area contributed by atoms with E-state index in [1.165, 1.54) is 12.1 Å². The van der Waals surface area contributed by atoms with Gasteiger partial charge in [-0.05, 0) is 0 Å². The molecule has 0 aromatic heterocycles. The van der Waals surface area contributed by atoms with E-state index < -0.39 is 27.5 Å². The maximum absolute atomic E-state index is 13.0. The number of halogens is 1. The molecule has 1 amide bonds. The van der Waals surface area contributed by atoms with Crippen LogP contribution in [0.3, 0.4) is 0 Å². The van der Waals surface area contributed by atoms with Gasteiger partial charge in [0.05, 0.1) is 0 Å². The first-order chi connectivity index (χ1) is 13.4. The van der Waals surface area contributed by atoms with Gasteiger partial charge in [0.25, 0.3) is 0 Å². The number of carbonyl (C=O) groups is 1. The molecule has 2 aromatic carbocycles. The Morgan fingerprint density at radius 3 is 2.29 bits per heavy atom. The third kappa shape index (κ3) is 5.47. The number of hydrogen-bond donors (Lipinski definition) is 3. The summed E-state index contributed by atoms with van der Waals surface area (Å²) in [5, 5.41) is 18.8. The van der Waals surface area contributed by atoms with E-state index in [4.69, 9.17) is 15.6 Å². The van der Waals surface area contributed by atoms with Crippen molar-refractivity contribution in [2.45, 2.75) is 16.7 Å².